The van der Waals surface area contributed by atoms with E-state index in [1.54, 1.807) is 12.4 Å². The van der Waals surface area contributed by atoms with Crippen molar-refractivity contribution in [3.63, 3.8) is 0 Å². The maximum atomic E-state index is 12.3. The number of benzene rings is 2. The molecule has 2 aromatic carbocycles. The van der Waals surface area contributed by atoms with Crippen LogP contribution in [-0.2, 0) is 4.79 Å². The molecule has 122 valence electrons. The molecule has 1 unspecified atom stereocenters. The SMILES string of the molecule is O=C1CC(c2cccc(-n3cccn3)c2)c2ccc3[nH]ncc3c2N1. The fourth-order valence-corrected chi connectivity index (χ4v) is 3.55. The maximum Gasteiger partial charge on any atom is 0.225 e. The van der Waals surface area contributed by atoms with E-state index in [0.717, 1.165) is 33.4 Å². The number of H-pyrrole nitrogens is 1. The van der Waals surface area contributed by atoms with E-state index in [-0.39, 0.29) is 11.8 Å². The van der Waals surface area contributed by atoms with Crippen LogP contribution in [0, 0.1) is 0 Å². The Bertz CT molecular complexity index is 1080. The second-order valence-electron chi connectivity index (χ2n) is 6.21. The Morgan fingerprint density at radius 3 is 3.00 bits per heavy atom. The molecule has 0 saturated heterocycles. The molecule has 4 aromatic rings. The quantitative estimate of drug-likeness (QED) is 0.593. The summed E-state index contributed by atoms with van der Waals surface area (Å²) >= 11 is 0. The van der Waals surface area contributed by atoms with Gasteiger partial charge in [0, 0.05) is 30.1 Å². The highest BCUT2D eigenvalue weighted by atomic mass is 16.1. The third-order valence-electron chi connectivity index (χ3n) is 4.73. The van der Waals surface area contributed by atoms with Crippen LogP contribution in [0.4, 0.5) is 5.69 Å². The first-order chi connectivity index (χ1) is 12.3. The largest absolute Gasteiger partial charge is 0.325 e. The van der Waals surface area contributed by atoms with Gasteiger partial charge in [0.1, 0.15) is 0 Å². The van der Waals surface area contributed by atoms with Crippen LogP contribution in [0.25, 0.3) is 16.6 Å². The third-order valence-corrected chi connectivity index (χ3v) is 4.73. The number of anilines is 1. The average Bonchev–Trinajstić information content (AvgIpc) is 3.32. The molecule has 6 heteroatoms. The maximum absolute atomic E-state index is 12.3. The zero-order valence-corrected chi connectivity index (χ0v) is 13.3. The Hall–Kier alpha value is -3.41. The van der Waals surface area contributed by atoms with E-state index >= 15 is 0 Å². The van der Waals surface area contributed by atoms with E-state index in [1.807, 2.05) is 35.1 Å². The van der Waals surface area contributed by atoms with E-state index in [2.05, 4.69) is 38.8 Å². The van der Waals surface area contributed by atoms with Gasteiger partial charge in [-0.15, -0.1) is 0 Å². The third kappa shape index (κ3) is 2.22. The number of hydrogen-bond donors (Lipinski definition) is 2. The number of aromatic amines is 1. The van der Waals surface area contributed by atoms with E-state index < -0.39 is 0 Å². The molecule has 6 nitrogen and oxygen atoms in total. The van der Waals surface area contributed by atoms with Crippen LogP contribution in [-0.4, -0.2) is 25.9 Å². The Balaban J connectivity index is 1.66. The summed E-state index contributed by atoms with van der Waals surface area (Å²) in [6.45, 7) is 0. The summed E-state index contributed by atoms with van der Waals surface area (Å²) in [6.07, 6.45) is 5.86. The molecular weight excluding hydrogens is 314 g/mol. The van der Waals surface area contributed by atoms with Crippen molar-refractivity contribution in [2.24, 2.45) is 0 Å². The first-order valence-electron chi connectivity index (χ1n) is 8.15. The second kappa shape index (κ2) is 5.31. The molecule has 0 bridgehead atoms. The van der Waals surface area contributed by atoms with Crippen molar-refractivity contribution in [3.8, 4) is 5.69 Å². The molecule has 3 heterocycles. The Labute approximate surface area is 143 Å². The van der Waals surface area contributed by atoms with E-state index in [1.165, 1.54) is 0 Å². The summed E-state index contributed by atoms with van der Waals surface area (Å²) in [5.41, 5.74) is 4.99. The van der Waals surface area contributed by atoms with Crippen LogP contribution in [0.2, 0.25) is 0 Å². The van der Waals surface area contributed by atoms with E-state index in [0.29, 0.717) is 6.42 Å². The van der Waals surface area contributed by atoms with Crippen molar-refractivity contribution in [1.82, 2.24) is 20.0 Å². The van der Waals surface area contributed by atoms with Gasteiger partial charge in [0.2, 0.25) is 5.91 Å². The second-order valence-corrected chi connectivity index (χ2v) is 6.21. The lowest BCUT2D eigenvalue weighted by Crippen LogP contribution is -2.23. The van der Waals surface area contributed by atoms with Crippen LogP contribution in [0.1, 0.15) is 23.5 Å². The topological polar surface area (TPSA) is 75.6 Å². The Morgan fingerprint density at radius 2 is 2.12 bits per heavy atom. The molecule has 1 aliphatic rings. The Morgan fingerprint density at radius 1 is 1.16 bits per heavy atom. The minimum atomic E-state index is 0.0126. The molecule has 1 amide bonds. The van der Waals surface area contributed by atoms with Crippen molar-refractivity contribution < 1.29 is 4.79 Å². The lowest BCUT2D eigenvalue weighted by atomic mass is 9.84. The molecule has 5 rings (SSSR count). The minimum Gasteiger partial charge on any atom is -0.325 e. The zero-order valence-electron chi connectivity index (χ0n) is 13.3. The predicted octanol–water partition coefficient (Wildman–Crippen LogP) is 3.22. The van der Waals surface area contributed by atoms with Gasteiger partial charge in [-0.1, -0.05) is 18.2 Å². The molecular formula is C19H15N5O. The molecule has 0 radical (unpaired) electrons. The lowest BCUT2D eigenvalue weighted by molar-refractivity contribution is -0.116. The molecule has 25 heavy (non-hydrogen) atoms. The van der Waals surface area contributed by atoms with E-state index in [4.69, 9.17) is 0 Å². The molecule has 0 spiro atoms. The average molecular weight is 329 g/mol. The molecule has 1 atom stereocenters. The number of rotatable bonds is 2. The van der Waals surface area contributed by atoms with Gasteiger partial charge in [0.25, 0.3) is 0 Å². The number of nitrogens with one attached hydrogen (secondary N) is 2. The number of amides is 1. The zero-order chi connectivity index (χ0) is 16.8. The summed E-state index contributed by atoms with van der Waals surface area (Å²) in [4.78, 5) is 12.3. The summed E-state index contributed by atoms with van der Waals surface area (Å²) in [5.74, 6) is 0.0363. The molecule has 0 aliphatic carbocycles. The summed E-state index contributed by atoms with van der Waals surface area (Å²) in [6, 6.07) is 14.2. The lowest BCUT2D eigenvalue weighted by Gasteiger charge is -2.26. The van der Waals surface area contributed by atoms with Gasteiger partial charge in [0.15, 0.2) is 0 Å². The van der Waals surface area contributed by atoms with Gasteiger partial charge < -0.3 is 5.32 Å². The van der Waals surface area contributed by atoms with Crippen molar-refractivity contribution in [2.75, 3.05) is 5.32 Å². The smallest absolute Gasteiger partial charge is 0.225 e. The molecule has 2 aromatic heterocycles. The molecule has 0 saturated carbocycles. The first kappa shape index (κ1) is 14.0. The van der Waals surface area contributed by atoms with Crippen LogP contribution in [0.5, 0.6) is 0 Å². The summed E-state index contributed by atoms with van der Waals surface area (Å²) in [7, 11) is 0. The number of aromatic nitrogens is 4. The summed E-state index contributed by atoms with van der Waals surface area (Å²) < 4.78 is 1.83. The van der Waals surface area contributed by atoms with Gasteiger partial charge >= 0.3 is 0 Å². The van der Waals surface area contributed by atoms with Gasteiger partial charge in [-0.2, -0.15) is 10.2 Å². The number of fused-ring (bicyclic) bond motifs is 3. The molecule has 0 fully saturated rings. The van der Waals surface area contributed by atoms with Gasteiger partial charge in [0.05, 0.1) is 23.1 Å². The van der Waals surface area contributed by atoms with E-state index in [9.17, 15) is 4.79 Å². The van der Waals surface area contributed by atoms with Crippen molar-refractivity contribution >= 4 is 22.5 Å². The first-order valence-corrected chi connectivity index (χ1v) is 8.15. The highest BCUT2D eigenvalue weighted by Crippen LogP contribution is 2.40. The van der Waals surface area contributed by atoms with Crippen molar-refractivity contribution in [1.29, 1.82) is 0 Å². The Kier molecular flexibility index (Phi) is 2.97. The van der Waals surface area contributed by atoms with Gasteiger partial charge in [-0.3, -0.25) is 9.89 Å². The highest BCUT2D eigenvalue weighted by molar-refractivity contribution is 6.05. The minimum absolute atomic E-state index is 0.0126. The normalized spacial score (nSPS) is 16.6. The fraction of sp³-hybridized carbons (Fsp3) is 0.105. The predicted molar refractivity (Wildman–Crippen MR) is 94.7 cm³/mol. The van der Waals surface area contributed by atoms with Gasteiger partial charge in [-0.05, 0) is 35.4 Å². The standard InChI is InChI=1S/C19H15N5O/c25-18-10-15(12-3-1-4-13(9-12)24-8-2-7-21-24)14-5-6-17-16(11-20-23-17)19(14)22-18/h1-9,11,15H,10H2,(H,20,23)(H,22,25). The number of carbonyl (C=O) groups excluding carboxylic acids is 1. The number of hydrogen-bond acceptors (Lipinski definition) is 3. The highest BCUT2D eigenvalue weighted by Gasteiger charge is 2.28. The number of nitrogens with zero attached hydrogens (tertiary/aromatic N) is 3. The van der Waals surface area contributed by atoms with Crippen molar-refractivity contribution in [3.05, 3.63) is 72.2 Å². The van der Waals surface area contributed by atoms with Crippen molar-refractivity contribution in [2.45, 2.75) is 12.3 Å². The van der Waals surface area contributed by atoms with Gasteiger partial charge in [-0.25, -0.2) is 4.68 Å². The van der Waals surface area contributed by atoms with Crippen LogP contribution in [0.15, 0.2) is 61.1 Å². The number of carbonyl (C=O) groups is 1. The molecule has 1 aliphatic heterocycles. The summed E-state index contributed by atoms with van der Waals surface area (Å²) in [5, 5.41) is 15.3. The van der Waals surface area contributed by atoms with Crippen LogP contribution < -0.4 is 5.32 Å². The van der Waals surface area contributed by atoms with Crippen LogP contribution >= 0.6 is 0 Å². The molecule has 2 N–H and O–H groups in total. The fourth-order valence-electron chi connectivity index (χ4n) is 3.55. The monoisotopic (exact) mass is 329 g/mol. The van der Waals surface area contributed by atoms with Crippen LogP contribution in [0.3, 0.4) is 0 Å².